The number of hydrazine groups is 1. The first-order chi connectivity index (χ1) is 10.2. The molecular formula is C13H16N6OS. The van der Waals surface area contributed by atoms with E-state index < -0.39 is 0 Å². The van der Waals surface area contributed by atoms with Crippen LogP contribution in [-0.2, 0) is 0 Å². The number of aromatic nitrogens is 3. The molecule has 0 spiro atoms. The standard InChI is InChI=1S/C13H16N6OS/c1-18-4-6-19(7-5-18)17-12(20)11-9-21-13(16-11)10-8-14-2-3-15-10/h2-3,8-9H,4-7H2,1H3,(H,17,20). The molecule has 2 aromatic rings. The van der Waals surface area contributed by atoms with Crippen molar-refractivity contribution in [2.75, 3.05) is 33.2 Å². The Labute approximate surface area is 126 Å². The van der Waals surface area contributed by atoms with Gasteiger partial charge in [-0.25, -0.2) is 9.99 Å². The first-order valence-corrected chi connectivity index (χ1v) is 7.57. The third kappa shape index (κ3) is 3.41. The van der Waals surface area contributed by atoms with Crippen LogP contribution in [0.3, 0.4) is 0 Å². The summed E-state index contributed by atoms with van der Waals surface area (Å²) in [5.74, 6) is -0.175. The minimum absolute atomic E-state index is 0.175. The van der Waals surface area contributed by atoms with Gasteiger partial charge in [0.25, 0.3) is 5.91 Å². The van der Waals surface area contributed by atoms with Crippen LogP contribution in [-0.4, -0.2) is 64.0 Å². The number of thiazole rings is 1. The Morgan fingerprint density at radius 2 is 2.10 bits per heavy atom. The second kappa shape index (κ2) is 6.25. The molecule has 1 saturated heterocycles. The molecule has 0 aliphatic carbocycles. The lowest BCUT2D eigenvalue weighted by Gasteiger charge is -2.32. The van der Waals surface area contributed by atoms with Crippen molar-refractivity contribution < 1.29 is 4.79 Å². The minimum atomic E-state index is -0.175. The van der Waals surface area contributed by atoms with Crippen LogP contribution in [0.5, 0.6) is 0 Å². The fourth-order valence-corrected chi connectivity index (χ4v) is 2.78. The Morgan fingerprint density at radius 1 is 1.29 bits per heavy atom. The molecule has 3 rings (SSSR count). The summed E-state index contributed by atoms with van der Waals surface area (Å²) in [6, 6.07) is 0. The number of hydrogen-bond acceptors (Lipinski definition) is 7. The molecule has 0 aromatic carbocycles. The van der Waals surface area contributed by atoms with E-state index in [1.165, 1.54) is 11.3 Å². The lowest BCUT2D eigenvalue weighted by Crippen LogP contribution is -2.52. The van der Waals surface area contributed by atoms with Gasteiger partial charge in [-0.15, -0.1) is 11.3 Å². The zero-order chi connectivity index (χ0) is 14.7. The minimum Gasteiger partial charge on any atom is -0.304 e. The van der Waals surface area contributed by atoms with E-state index in [-0.39, 0.29) is 5.91 Å². The van der Waals surface area contributed by atoms with Gasteiger partial charge in [0.15, 0.2) is 0 Å². The van der Waals surface area contributed by atoms with Crippen LogP contribution in [0, 0.1) is 0 Å². The molecule has 2 aromatic heterocycles. The van der Waals surface area contributed by atoms with Crippen LogP contribution in [0.4, 0.5) is 0 Å². The van der Waals surface area contributed by atoms with Gasteiger partial charge in [0.1, 0.15) is 16.4 Å². The third-order valence-electron chi connectivity index (χ3n) is 3.28. The predicted molar refractivity (Wildman–Crippen MR) is 79.7 cm³/mol. The van der Waals surface area contributed by atoms with Crippen LogP contribution in [0.15, 0.2) is 24.0 Å². The summed E-state index contributed by atoms with van der Waals surface area (Å²) in [4.78, 5) is 26.9. The van der Waals surface area contributed by atoms with Gasteiger partial charge in [-0.1, -0.05) is 0 Å². The number of rotatable bonds is 3. The Bertz CT molecular complexity index is 608. The SMILES string of the molecule is CN1CCN(NC(=O)c2csc(-c3cnccn3)n2)CC1. The number of hydrogen-bond donors (Lipinski definition) is 1. The monoisotopic (exact) mass is 304 g/mol. The van der Waals surface area contributed by atoms with Crippen molar-refractivity contribution in [3.8, 4) is 10.7 Å². The topological polar surface area (TPSA) is 74.2 Å². The maximum absolute atomic E-state index is 12.2. The molecule has 1 N–H and O–H groups in total. The molecule has 8 heteroatoms. The first kappa shape index (κ1) is 14.1. The van der Waals surface area contributed by atoms with Crippen molar-refractivity contribution in [3.63, 3.8) is 0 Å². The maximum atomic E-state index is 12.2. The molecule has 7 nitrogen and oxygen atoms in total. The van der Waals surface area contributed by atoms with Crippen LogP contribution in [0.25, 0.3) is 10.7 Å². The summed E-state index contributed by atoms with van der Waals surface area (Å²) in [5.41, 5.74) is 3.99. The largest absolute Gasteiger partial charge is 0.304 e. The van der Waals surface area contributed by atoms with E-state index in [1.807, 2.05) is 5.01 Å². The molecule has 0 bridgehead atoms. The molecule has 1 fully saturated rings. The molecule has 0 unspecified atom stereocenters. The molecule has 0 radical (unpaired) electrons. The van der Waals surface area contributed by atoms with E-state index >= 15 is 0 Å². The van der Waals surface area contributed by atoms with Gasteiger partial charge in [-0.2, -0.15) is 0 Å². The molecule has 21 heavy (non-hydrogen) atoms. The maximum Gasteiger partial charge on any atom is 0.285 e. The molecule has 1 aliphatic rings. The summed E-state index contributed by atoms with van der Waals surface area (Å²) in [6.07, 6.45) is 4.86. The fourth-order valence-electron chi connectivity index (χ4n) is 2.02. The summed E-state index contributed by atoms with van der Waals surface area (Å²) >= 11 is 1.39. The molecule has 3 heterocycles. The Morgan fingerprint density at radius 3 is 2.81 bits per heavy atom. The van der Waals surface area contributed by atoms with Crippen molar-refractivity contribution >= 4 is 17.2 Å². The van der Waals surface area contributed by atoms with Crippen molar-refractivity contribution in [2.24, 2.45) is 0 Å². The molecule has 0 atom stereocenters. The van der Waals surface area contributed by atoms with Gasteiger partial charge in [0, 0.05) is 44.0 Å². The number of nitrogens with one attached hydrogen (secondary N) is 1. The quantitative estimate of drug-likeness (QED) is 0.890. The van der Waals surface area contributed by atoms with Gasteiger partial charge in [0.05, 0.1) is 6.20 Å². The van der Waals surface area contributed by atoms with E-state index in [9.17, 15) is 4.79 Å². The number of likely N-dealkylation sites (N-methyl/N-ethyl adjacent to an activating group) is 1. The second-order valence-electron chi connectivity index (χ2n) is 4.86. The average Bonchev–Trinajstić information content (AvgIpc) is 3.00. The molecule has 1 aliphatic heterocycles. The Balaban J connectivity index is 1.64. The Kier molecular flexibility index (Phi) is 4.18. The molecule has 110 valence electrons. The highest BCUT2D eigenvalue weighted by atomic mass is 32.1. The smallest absolute Gasteiger partial charge is 0.285 e. The summed E-state index contributed by atoms with van der Waals surface area (Å²) in [6.45, 7) is 3.54. The van der Waals surface area contributed by atoms with Crippen LogP contribution in [0.1, 0.15) is 10.5 Å². The number of amides is 1. The van der Waals surface area contributed by atoms with Gasteiger partial charge < -0.3 is 4.90 Å². The highest BCUT2D eigenvalue weighted by Gasteiger charge is 2.18. The summed E-state index contributed by atoms with van der Waals surface area (Å²) < 4.78 is 0. The second-order valence-corrected chi connectivity index (χ2v) is 5.72. The van der Waals surface area contributed by atoms with Crippen LogP contribution >= 0.6 is 11.3 Å². The molecular weight excluding hydrogens is 288 g/mol. The van der Waals surface area contributed by atoms with Gasteiger partial charge >= 0.3 is 0 Å². The summed E-state index contributed by atoms with van der Waals surface area (Å²) in [7, 11) is 2.08. The zero-order valence-corrected chi connectivity index (χ0v) is 12.5. The van der Waals surface area contributed by atoms with Crippen molar-refractivity contribution in [3.05, 3.63) is 29.7 Å². The van der Waals surface area contributed by atoms with Crippen molar-refractivity contribution in [2.45, 2.75) is 0 Å². The van der Waals surface area contributed by atoms with Crippen molar-refractivity contribution in [1.82, 2.24) is 30.3 Å². The highest BCUT2D eigenvalue weighted by Crippen LogP contribution is 2.20. The Hall–Kier alpha value is -1.90. The highest BCUT2D eigenvalue weighted by molar-refractivity contribution is 7.13. The first-order valence-electron chi connectivity index (χ1n) is 6.69. The number of carbonyl (C=O) groups is 1. The van der Waals surface area contributed by atoms with E-state index in [0.717, 1.165) is 26.2 Å². The van der Waals surface area contributed by atoms with E-state index in [1.54, 1.807) is 24.0 Å². The van der Waals surface area contributed by atoms with Crippen molar-refractivity contribution in [1.29, 1.82) is 0 Å². The van der Waals surface area contributed by atoms with Gasteiger partial charge in [-0.05, 0) is 7.05 Å². The average molecular weight is 304 g/mol. The molecule has 1 amide bonds. The lowest BCUT2D eigenvalue weighted by molar-refractivity contribution is 0.0658. The normalized spacial score (nSPS) is 16.8. The fraction of sp³-hybridized carbons (Fsp3) is 0.385. The third-order valence-corrected chi connectivity index (χ3v) is 4.15. The number of carbonyl (C=O) groups excluding carboxylic acids is 1. The number of piperazine rings is 1. The van der Waals surface area contributed by atoms with Crippen LogP contribution in [0.2, 0.25) is 0 Å². The van der Waals surface area contributed by atoms with E-state index in [0.29, 0.717) is 16.4 Å². The van der Waals surface area contributed by atoms with Gasteiger partial charge in [-0.3, -0.25) is 20.2 Å². The van der Waals surface area contributed by atoms with Crippen LogP contribution < -0.4 is 5.43 Å². The molecule has 0 saturated carbocycles. The number of nitrogens with zero attached hydrogens (tertiary/aromatic N) is 5. The predicted octanol–water partition coefficient (Wildman–Crippen LogP) is 0.492. The van der Waals surface area contributed by atoms with E-state index in [4.69, 9.17) is 0 Å². The summed E-state index contributed by atoms with van der Waals surface area (Å²) in [5, 5.41) is 4.38. The van der Waals surface area contributed by atoms with Gasteiger partial charge in [0.2, 0.25) is 0 Å². The zero-order valence-electron chi connectivity index (χ0n) is 11.7. The lowest BCUT2D eigenvalue weighted by atomic mass is 10.4. The van der Waals surface area contributed by atoms with E-state index in [2.05, 4.69) is 32.3 Å².